The molecule has 0 fully saturated rings. The Bertz CT molecular complexity index is 3950. The third-order valence-corrected chi connectivity index (χ3v) is 16.7. The van der Waals surface area contributed by atoms with Crippen molar-refractivity contribution in [3.8, 4) is 33.5 Å². The van der Waals surface area contributed by atoms with Gasteiger partial charge in [-0.1, -0.05) is 187 Å². The van der Waals surface area contributed by atoms with E-state index in [9.17, 15) is 0 Å². The first-order valence-corrected chi connectivity index (χ1v) is 25.1. The van der Waals surface area contributed by atoms with Crippen molar-refractivity contribution < 1.29 is 0 Å². The van der Waals surface area contributed by atoms with Gasteiger partial charge in [0.15, 0.2) is 0 Å². The molecule has 2 aliphatic heterocycles. The highest BCUT2D eigenvalue weighted by molar-refractivity contribution is 6.24. The van der Waals surface area contributed by atoms with Gasteiger partial charge in [-0.2, -0.15) is 0 Å². The molecule has 14 rings (SSSR count). The molecule has 0 unspecified atom stereocenters. The number of hydrogen-bond acceptors (Lipinski definition) is 3. The Morgan fingerprint density at radius 1 is 0.324 bits per heavy atom. The number of pyridine rings is 1. The topological polar surface area (TPSA) is 19.4 Å². The molecular formula is C68H53N3. The predicted molar refractivity (Wildman–Crippen MR) is 299 cm³/mol. The molecule has 0 amide bonds. The fourth-order valence-corrected chi connectivity index (χ4v) is 13.1. The van der Waals surface area contributed by atoms with Crippen molar-refractivity contribution in [2.24, 2.45) is 0 Å². The van der Waals surface area contributed by atoms with Gasteiger partial charge in [-0.3, -0.25) is 4.98 Å². The predicted octanol–water partition coefficient (Wildman–Crippen LogP) is 18.4. The second-order valence-electron chi connectivity index (χ2n) is 21.5. The normalized spacial score (nSPS) is 15.5. The van der Waals surface area contributed by atoms with E-state index in [0.29, 0.717) is 0 Å². The van der Waals surface area contributed by atoms with Crippen LogP contribution >= 0.6 is 0 Å². The molecular weight excluding hydrogens is 859 g/mol. The summed E-state index contributed by atoms with van der Waals surface area (Å²) >= 11 is 0. The van der Waals surface area contributed by atoms with Crippen LogP contribution in [0.1, 0.15) is 74.9 Å². The zero-order chi connectivity index (χ0) is 48.0. The zero-order valence-corrected chi connectivity index (χ0v) is 41.0. The molecule has 3 heteroatoms. The number of anilines is 6. The van der Waals surface area contributed by atoms with Crippen molar-refractivity contribution in [2.45, 2.75) is 57.8 Å². The van der Waals surface area contributed by atoms with Crippen LogP contribution in [0.15, 0.2) is 212 Å². The highest BCUT2D eigenvalue weighted by atomic mass is 15.2. The largest absolute Gasteiger partial charge is 0.310 e. The van der Waals surface area contributed by atoms with E-state index >= 15 is 0 Å². The molecule has 340 valence electrons. The van der Waals surface area contributed by atoms with Crippen LogP contribution < -0.4 is 9.80 Å². The second kappa shape index (κ2) is 14.9. The Hall–Kier alpha value is -8.27. The fraction of sp³-hybridized carbons (Fsp3) is 0.132. The molecule has 0 radical (unpaired) electrons. The Labute approximate surface area is 416 Å². The van der Waals surface area contributed by atoms with E-state index in [0.717, 1.165) is 28.0 Å². The minimum absolute atomic E-state index is 0.171. The van der Waals surface area contributed by atoms with E-state index < -0.39 is 0 Å². The first kappa shape index (κ1) is 41.7. The molecule has 0 bridgehead atoms. The Balaban J connectivity index is 1.12. The van der Waals surface area contributed by atoms with Crippen molar-refractivity contribution >= 4 is 66.4 Å². The lowest BCUT2D eigenvalue weighted by molar-refractivity contribution is 0.632. The maximum Gasteiger partial charge on any atom is 0.0792 e. The summed E-state index contributed by atoms with van der Waals surface area (Å²) in [5, 5.41) is 7.02. The maximum absolute atomic E-state index is 5.37. The first-order chi connectivity index (χ1) is 34.5. The first-order valence-electron chi connectivity index (χ1n) is 25.1. The molecule has 1 aliphatic carbocycles. The Morgan fingerprint density at radius 2 is 0.761 bits per heavy atom. The molecule has 0 atom stereocenters. The molecule has 0 saturated carbocycles. The van der Waals surface area contributed by atoms with Gasteiger partial charge in [0.25, 0.3) is 0 Å². The number of fused-ring (bicyclic) bond motifs is 10. The van der Waals surface area contributed by atoms with Gasteiger partial charge in [0.2, 0.25) is 0 Å². The van der Waals surface area contributed by atoms with E-state index in [1.807, 2.05) is 6.20 Å². The molecule has 3 nitrogen and oxygen atoms in total. The van der Waals surface area contributed by atoms with Crippen molar-refractivity contribution in [1.29, 1.82) is 0 Å². The van der Waals surface area contributed by atoms with Gasteiger partial charge in [0.05, 0.1) is 28.4 Å². The molecule has 10 aromatic carbocycles. The molecule has 71 heavy (non-hydrogen) atoms. The number of rotatable bonds is 4. The second-order valence-corrected chi connectivity index (χ2v) is 21.5. The number of aromatic nitrogens is 1. The lowest BCUT2D eigenvalue weighted by Crippen LogP contribution is -2.30. The fourth-order valence-electron chi connectivity index (χ4n) is 13.1. The van der Waals surface area contributed by atoms with Crippen LogP contribution in [0.25, 0.3) is 65.8 Å². The molecule has 1 aromatic heterocycles. The summed E-state index contributed by atoms with van der Waals surface area (Å²) in [6.07, 6.45) is 1.99. The SMILES string of the molecule is CC1(C)c2ccccc2-c2ccc(-c3c4cc(N5c6ccccc6C(C)(C)c6ccccc65)ccc4c(-c4nccc5ccccc45)c4cc(N5c6ccccc6C(C)(C)c6ccccc65)ccc34)cc21. The van der Waals surface area contributed by atoms with Gasteiger partial charge >= 0.3 is 0 Å². The highest BCUT2D eigenvalue weighted by Gasteiger charge is 2.39. The van der Waals surface area contributed by atoms with Crippen LogP contribution in [0.3, 0.4) is 0 Å². The summed E-state index contributed by atoms with van der Waals surface area (Å²) in [7, 11) is 0. The molecule has 11 aromatic rings. The maximum atomic E-state index is 5.37. The van der Waals surface area contributed by atoms with Crippen molar-refractivity contribution in [1.82, 2.24) is 4.98 Å². The monoisotopic (exact) mass is 911 g/mol. The Morgan fingerprint density at radius 3 is 1.32 bits per heavy atom. The van der Waals surface area contributed by atoms with Crippen molar-refractivity contribution in [3.63, 3.8) is 0 Å². The van der Waals surface area contributed by atoms with Gasteiger partial charge in [-0.05, 0) is 143 Å². The summed E-state index contributed by atoms with van der Waals surface area (Å²) < 4.78 is 0. The van der Waals surface area contributed by atoms with Crippen LogP contribution in [-0.4, -0.2) is 4.98 Å². The van der Waals surface area contributed by atoms with Crippen molar-refractivity contribution in [2.75, 3.05) is 9.80 Å². The van der Waals surface area contributed by atoms with Crippen molar-refractivity contribution in [3.05, 3.63) is 246 Å². The number of benzene rings is 10. The number of hydrogen-bond donors (Lipinski definition) is 0. The minimum Gasteiger partial charge on any atom is -0.310 e. The molecule has 3 heterocycles. The van der Waals surface area contributed by atoms with E-state index in [4.69, 9.17) is 4.98 Å². The summed E-state index contributed by atoms with van der Waals surface area (Å²) in [6.45, 7) is 14.2. The van der Waals surface area contributed by atoms with Crippen LogP contribution in [0.4, 0.5) is 34.1 Å². The zero-order valence-electron chi connectivity index (χ0n) is 41.0. The molecule has 0 spiro atoms. The van der Waals surface area contributed by atoms with Crippen LogP contribution in [0.5, 0.6) is 0 Å². The molecule has 3 aliphatic rings. The standard InChI is InChI=1S/C68H53N3/c1-66(2)53-22-10-9-21-47(53)48-34-31-43(39-58(48)66)63-49-35-32-45(71-61-29-17-13-25-56(61)68(5,6)57-26-14-18-30-62(57)71)41-52(49)64(65-46-20-8-7-19-42(46)37-38-69-65)50-36-33-44(40-51(50)63)70-59-27-15-11-23-54(59)67(3,4)55-24-12-16-28-60(55)70/h7-41H,1-6H3. The van der Waals surface area contributed by atoms with Gasteiger partial charge in [-0.15, -0.1) is 0 Å². The average molecular weight is 912 g/mol. The summed E-state index contributed by atoms with van der Waals surface area (Å²) in [6, 6.07) is 77.4. The third kappa shape index (κ3) is 5.81. The van der Waals surface area contributed by atoms with E-state index in [1.54, 1.807) is 0 Å². The summed E-state index contributed by atoms with van der Waals surface area (Å²) in [5.41, 5.74) is 21.7. The van der Waals surface area contributed by atoms with Gasteiger partial charge < -0.3 is 9.80 Å². The molecule has 0 saturated heterocycles. The summed E-state index contributed by atoms with van der Waals surface area (Å²) in [5.74, 6) is 0. The lowest BCUT2D eigenvalue weighted by atomic mass is 9.73. The van der Waals surface area contributed by atoms with Crippen LogP contribution in [-0.2, 0) is 16.2 Å². The quantitative estimate of drug-likeness (QED) is 0.164. The third-order valence-electron chi connectivity index (χ3n) is 16.7. The van der Waals surface area contributed by atoms with E-state index in [2.05, 4.69) is 258 Å². The lowest BCUT2D eigenvalue weighted by Gasteiger charge is -2.42. The van der Waals surface area contributed by atoms with Crippen LogP contribution in [0, 0.1) is 0 Å². The Kier molecular flexibility index (Phi) is 8.73. The average Bonchev–Trinajstić information content (AvgIpc) is 3.63. The smallest absolute Gasteiger partial charge is 0.0792 e. The van der Waals surface area contributed by atoms with E-state index in [-0.39, 0.29) is 16.2 Å². The number of para-hydroxylation sites is 4. The van der Waals surface area contributed by atoms with E-state index in [1.165, 1.54) is 105 Å². The van der Waals surface area contributed by atoms with Crippen LogP contribution in [0.2, 0.25) is 0 Å². The minimum atomic E-state index is -0.175. The highest BCUT2D eigenvalue weighted by Crippen LogP contribution is 2.57. The number of nitrogens with zero attached hydrogens (tertiary/aromatic N) is 3. The molecule has 0 N–H and O–H groups in total. The van der Waals surface area contributed by atoms with Gasteiger partial charge in [-0.25, -0.2) is 0 Å². The summed E-state index contributed by atoms with van der Waals surface area (Å²) in [4.78, 5) is 10.4. The van der Waals surface area contributed by atoms with Gasteiger partial charge in [0.1, 0.15) is 0 Å². The van der Waals surface area contributed by atoms with Gasteiger partial charge in [0, 0.05) is 44.8 Å².